The smallest absolute Gasteiger partial charge is 0.295 e. The first kappa shape index (κ1) is 26.9. The fourth-order valence-electron chi connectivity index (χ4n) is 4.55. The van der Waals surface area contributed by atoms with E-state index in [1.165, 1.54) is 5.56 Å². The van der Waals surface area contributed by atoms with E-state index in [2.05, 4.69) is 6.07 Å². The largest absolute Gasteiger partial charge is 0.507 e. The number of likely N-dealkylation sites (tertiary alicyclic amines) is 1. The van der Waals surface area contributed by atoms with E-state index in [1.54, 1.807) is 29.2 Å². The maximum Gasteiger partial charge on any atom is 0.295 e. The van der Waals surface area contributed by atoms with Crippen molar-refractivity contribution in [3.63, 3.8) is 0 Å². The lowest BCUT2D eigenvalue weighted by molar-refractivity contribution is -0.140. The Morgan fingerprint density at radius 3 is 2.24 bits per heavy atom. The zero-order valence-electron chi connectivity index (χ0n) is 22.6. The van der Waals surface area contributed by atoms with Gasteiger partial charge in [0.2, 0.25) is 0 Å². The van der Waals surface area contributed by atoms with Gasteiger partial charge >= 0.3 is 0 Å². The topological polar surface area (TPSA) is 73.3 Å². The lowest BCUT2D eigenvalue weighted by Gasteiger charge is -2.27. The van der Waals surface area contributed by atoms with Crippen molar-refractivity contribution in [1.82, 2.24) is 9.80 Å². The summed E-state index contributed by atoms with van der Waals surface area (Å²) in [5.74, 6) is -0.830. The van der Waals surface area contributed by atoms with Crippen LogP contribution in [0.25, 0.3) is 5.76 Å². The summed E-state index contributed by atoms with van der Waals surface area (Å²) in [6.45, 7) is 3.41. The Bertz CT molecular complexity index is 1330. The highest BCUT2D eigenvalue weighted by Crippen LogP contribution is 2.39. The Hall–Kier alpha value is -4.10. The van der Waals surface area contributed by atoms with Gasteiger partial charge in [0.1, 0.15) is 18.1 Å². The average molecular weight is 514 g/mol. The molecule has 0 spiro atoms. The number of likely N-dealkylation sites (N-methyl/N-ethyl adjacent to an activating group) is 1. The number of carbonyl (C=O) groups excluding carboxylic acids is 2. The molecule has 1 atom stereocenters. The summed E-state index contributed by atoms with van der Waals surface area (Å²) in [5.41, 5.74) is 4.55. The minimum Gasteiger partial charge on any atom is -0.507 e. The molecule has 7 nitrogen and oxygen atoms in total. The maximum absolute atomic E-state index is 13.2. The Morgan fingerprint density at radius 2 is 1.63 bits per heavy atom. The standard InChI is InChI=1S/C31H35N3O4/c1-21-7-6-8-22(19-21)20-38-26-15-11-24(12-16-26)29(35)27-28(23-9-13-25(14-10-23)33(4)5)34(18-17-32(2)3)31(37)30(27)36/h6-16,19,28,35H,17-18,20H2,1-5H3/b29-27+/t28-/m0/s1. The Labute approximate surface area is 224 Å². The number of aryl methyl sites for hydroxylation is 1. The van der Waals surface area contributed by atoms with E-state index in [-0.39, 0.29) is 11.3 Å². The number of ketones is 1. The molecule has 1 aliphatic rings. The molecule has 1 heterocycles. The normalized spacial score (nSPS) is 16.8. The zero-order chi connectivity index (χ0) is 27.4. The second kappa shape index (κ2) is 11.5. The van der Waals surface area contributed by atoms with Crippen molar-refractivity contribution in [2.75, 3.05) is 46.2 Å². The fraction of sp³-hybridized carbons (Fsp3) is 0.290. The molecule has 4 rings (SSSR count). The highest BCUT2D eigenvalue weighted by molar-refractivity contribution is 6.46. The first-order chi connectivity index (χ1) is 18.2. The van der Waals surface area contributed by atoms with Crippen molar-refractivity contribution in [1.29, 1.82) is 0 Å². The molecule has 1 fully saturated rings. The minimum atomic E-state index is -0.678. The van der Waals surface area contributed by atoms with Crippen molar-refractivity contribution >= 4 is 23.1 Å². The highest BCUT2D eigenvalue weighted by Gasteiger charge is 2.45. The molecular formula is C31H35N3O4. The summed E-state index contributed by atoms with van der Waals surface area (Å²) in [5, 5.41) is 11.3. The van der Waals surface area contributed by atoms with Crippen LogP contribution in [0, 0.1) is 6.92 Å². The summed E-state index contributed by atoms with van der Waals surface area (Å²) < 4.78 is 5.90. The van der Waals surface area contributed by atoms with Crippen molar-refractivity contribution < 1.29 is 19.4 Å². The molecule has 3 aromatic rings. The highest BCUT2D eigenvalue weighted by atomic mass is 16.5. The van der Waals surface area contributed by atoms with Gasteiger partial charge in [-0.2, -0.15) is 0 Å². The molecule has 0 radical (unpaired) electrons. The van der Waals surface area contributed by atoms with Crippen molar-refractivity contribution in [2.24, 2.45) is 0 Å². The number of ether oxygens (including phenoxy) is 1. The summed E-state index contributed by atoms with van der Waals surface area (Å²) >= 11 is 0. The number of hydrogen-bond donors (Lipinski definition) is 1. The third-order valence-corrected chi connectivity index (χ3v) is 6.67. The van der Waals surface area contributed by atoms with Gasteiger partial charge in [-0.05, 0) is 68.5 Å². The van der Waals surface area contributed by atoms with Crippen LogP contribution in [0.15, 0.2) is 78.4 Å². The van der Waals surface area contributed by atoms with Crippen molar-refractivity contribution in [3.8, 4) is 5.75 Å². The lowest BCUT2D eigenvalue weighted by Crippen LogP contribution is -2.35. The van der Waals surface area contributed by atoms with Gasteiger partial charge in [-0.25, -0.2) is 0 Å². The van der Waals surface area contributed by atoms with E-state index in [0.29, 0.717) is 31.0 Å². The van der Waals surface area contributed by atoms with Gasteiger partial charge in [0.05, 0.1) is 11.6 Å². The quantitative estimate of drug-likeness (QED) is 0.256. The van der Waals surface area contributed by atoms with Gasteiger partial charge in [-0.15, -0.1) is 0 Å². The predicted octanol–water partition coefficient (Wildman–Crippen LogP) is 4.62. The Kier molecular flexibility index (Phi) is 8.17. The molecule has 38 heavy (non-hydrogen) atoms. The number of hydrogen-bond acceptors (Lipinski definition) is 6. The van der Waals surface area contributed by atoms with Crippen LogP contribution < -0.4 is 9.64 Å². The Morgan fingerprint density at radius 1 is 0.947 bits per heavy atom. The molecule has 198 valence electrons. The van der Waals surface area contributed by atoms with Gasteiger partial charge in [0.25, 0.3) is 11.7 Å². The van der Waals surface area contributed by atoms with Crippen LogP contribution in [0.2, 0.25) is 0 Å². The molecule has 0 saturated carbocycles. The van der Waals surface area contributed by atoms with Crippen LogP contribution in [0.3, 0.4) is 0 Å². The second-order valence-electron chi connectivity index (χ2n) is 10.1. The SMILES string of the molecule is Cc1cccc(COc2ccc(/C(O)=C3\C(=O)C(=O)N(CCN(C)C)[C@H]3c3ccc(N(C)C)cc3)cc2)c1. The number of amides is 1. The number of benzene rings is 3. The summed E-state index contributed by atoms with van der Waals surface area (Å²) in [4.78, 5) is 31.8. The summed E-state index contributed by atoms with van der Waals surface area (Å²) in [7, 11) is 7.74. The fourth-order valence-corrected chi connectivity index (χ4v) is 4.55. The molecular weight excluding hydrogens is 478 g/mol. The number of anilines is 1. The van der Waals surface area contributed by atoms with E-state index in [9.17, 15) is 14.7 Å². The zero-order valence-corrected chi connectivity index (χ0v) is 22.6. The monoisotopic (exact) mass is 513 g/mol. The summed E-state index contributed by atoms with van der Waals surface area (Å²) in [6, 6.07) is 22.1. The minimum absolute atomic E-state index is 0.0970. The third kappa shape index (κ3) is 5.89. The molecule has 7 heteroatoms. The average Bonchev–Trinajstić information content (AvgIpc) is 3.15. The van der Waals surface area contributed by atoms with Gasteiger partial charge in [-0.3, -0.25) is 9.59 Å². The molecule has 0 unspecified atom stereocenters. The maximum atomic E-state index is 13.2. The van der Waals surface area contributed by atoms with Gasteiger partial charge in [-0.1, -0.05) is 42.0 Å². The number of carbonyl (C=O) groups is 2. The Balaban J connectivity index is 1.65. The van der Waals surface area contributed by atoms with Crippen LogP contribution in [0.1, 0.15) is 28.3 Å². The van der Waals surface area contributed by atoms with E-state index in [4.69, 9.17) is 4.74 Å². The van der Waals surface area contributed by atoms with E-state index < -0.39 is 17.7 Å². The molecule has 0 aliphatic carbocycles. The van der Waals surface area contributed by atoms with Gasteiger partial charge < -0.3 is 24.5 Å². The number of aliphatic hydroxyl groups is 1. The third-order valence-electron chi connectivity index (χ3n) is 6.67. The first-order valence-corrected chi connectivity index (χ1v) is 12.6. The number of rotatable bonds is 9. The molecule has 3 aromatic carbocycles. The van der Waals surface area contributed by atoms with Crippen LogP contribution in [0.5, 0.6) is 5.75 Å². The molecule has 0 aromatic heterocycles. The first-order valence-electron chi connectivity index (χ1n) is 12.6. The molecule has 1 N–H and O–H groups in total. The molecule has 1 amide bonds. The second-order valence-corrected chi connectivity index (χ2v) is 10.1. The van der Waals surface area contributed by atoms with Gasteiger partial charge in [0, 0.05) is 38.4 Å². The predicted molar refractivity (Wildman–Crippen MR) is 150 cm³/mol. The van der Waals surface area contributed by atoms with Crippen molar-refractivity contribution in [2.45, 2.75) is 19.6 Å². The number of aliphatic hydroxyl groups excluding tert-OH is 1. The van der Waals surface area contributed by atoms with Crippen LogP contribution in [-0.4, -0.2) is 67.9 Å². The summed E-state index contributed by atoms with van der Waals surface area (Å²) in [6.07, 6.45) is 0. The van der Waals surface area contributed by atoms with Crippen LogP contribution in [0.4, 0.5) is 5.69 Å². The van der Waals surface area contributed by atoms with Crippen LogP contribution >= 0.6 is 0 Å². The molecule has 1 aliphatic heterocycles. The number of Topliss-reactive ketones (excluding diaryl/α,β-unsaturated/α-hetero) is 1. The van der Waals surface area contributed by atoms with Crippen LogP contribution in [-0.2, 0) is 16.2 Å². The van der Waals surface area contributed by atoms with Gasteiger partial charge in [0.15, 0.2) is 0 Å². The van der Waals surface area contributed by atoms with E-state index in [1.807, 2.05) is 87.4 Å². The van der Waals surface area contributed by atoms with E-state index in [0.717, 1.165) is 16.8 Å². The molecule has 0 bridgehead atoms. The van der Waals surface area contributed by atoms with E-state index >= 15 is 0 Å². The van der Waals surface area contributed by atoms with Crippen molar-refractivity contribution in [3.05, 3.63) is 101 Å². The molecule has 1 saturated heterocycles. The lowest BCUT2D eigenvalue weighted by atomic mass is 9.95. The number of nitrogens with zero attached hydrogens (tertiary/aromatic N) is 3.